The third-order valence-electron chi connectivity index (χ3n) is 4.11. The number of hydrogen-bond donors (Lipinski definition) is 1. The van der Waals surface area contributed by atoms with Gasteiger partial charge in [0.15, 0.2) is 5.60 Å². The first-order valence-electron chi connectivity index (χ1n) is 7.71. The Kier molecular flexibility index (Phi) is 5.35. The summed E-state index contributed by atoms with van der Waals surface area (Å²) in [6, 6.07) is 7.05. The number of aliphatic hydroxyl groups is 1. The number of carbonyl (C=O) groups excluding carboxylic acids is 1. The third kappa shape index (κ3) is 4.14. The minimum Gasteiger partial charge on any atom is -0.478 e. The average Bonchev–Trinajstić information content (AvgIpc) is 2.46. The molecule has 122 valence electrons. The van der Waals surface area contributed by atoms with Crippen molar-refractivity contribution in [1.82, 2.24) is 4.90 Å². The first-order chi connectivity index (χ1) is 10.3. The molecule has 1 aromatic rings. The molecule has 2 atom stereocenters. The van der Waals surface area contributed by atoms with Gasteiger partial charge in [-0.3, -0.25) is 4.79 Å². The molecule has 1 aromatic carbocycles. The lowest BCUT2D eigenvalue weighted by molar-refractivity contribution is -0.148. The molecule has 4 nitrogen and oxygen atoms in total. The number of rotatable bonds is 4. The van der Waals surface area contributed by atoms with E-state index in [1.807, 2.05) is 0 Å². The lowest BCUT2D eigenvalue weighted by Gasteiger charge is -2.38. The predicted molar refractivity (Wildman–Crippen MR) is 87.1 cm³/mol. The first-order valence-corrected chi connectivity index (χ1v) is 8.09. The molecular weight excluding hydrogens is 302 g/mol. The molecule has 0 radical (unpaired) electrons. The minimum atomic E-state index is -0.967. The number of amides is 1. The van der Waals surface area contributed by atoms with Crippen molar-refractivity contribution in [3.8, 4) is 5.75 Å². The summed E-state index contributed by atoms with van der Waals surface area (Å²) in [4.78, 5) is 14.6. The molecule has 0 spiro atoms. The van der Waals surface area contributed by atoms with E-state index in [4.69, 9.17) is 16.3 Å². The van der Waals surface area contributed by atoms with Crippen LogP contribution in [0.3, 0.4) is 0 Å². The highest BCUT2D eigenvalue weighted by molar-refractivity contribution is 6.30. The Morgan fingerprint density at radius 3 is 2.86 bits per heavy atom. The van der Waals surface area contributed by atoms with Crippen molar-refractivity contribution < 1.29 is 14.6 Å². The smallest absolute Gasteiger partial charge is 0.266 e. The van der Waals surface area contributed by atoms with E-state index in [0.717, 1.165) is 12.8 Å². The van der Waals surface area contributed by atoms with Crippen LogP contribution in [0, 0.1) is 5.92 Å². The Bertz CT molecular complexity index is 530. The molecule has 0 saturated carbocycles. The van der Waals surface area contributed by atoms with E-state index in [1.54, 1.807) is 49.9 Å². The molecule has 0 bridgehead atoms. The van der Waals surface area contributed by atoms with Gasteiger partial charge in [0.05, 0.1) is 6.10 Å². The van der Waals surface area contributed by atoms with Crippen LogP contribution in [0.15, 0.2) is 24.3 Å². The number of carbonyl (C=O) groups is 1. The number of piperidine rings is 1. The van der Waals surface area contributed by atoms with E-state index in [9.17, 15) is 9.90 Å². The van der Waals surface area contributed by atoms with Crippen LogP contribution in [0.2, 0.25) is 5.02 Å². The lowest BCUT2D eigenvalue weighted by Crippen LogP contribution is -2.53. The molecule has 0 aromatic heterocycles. The Morgan fingerprint density at radius 1 is 1.50 bits per heavy atom. The molecule has 5 heteroatoms. The SMILES string of the molecule is CC(O)C1CCCN(C(=O)C(C)(C)Oc2cccc(Cl)c2)C1. The fraction of sp³-hybridized carbons (Fsp3) is 0.588. The Hall–Kier alpha value is -1.26. The molecule has 1 fully saturated rings. The van der Waals surface area contributed by atoms with E-state index >= 15 is 0 Å². The van der Waals surface area contributed by atoms with Gasteiger partial charge in [0.1, 0.15) is 5.75 Å². The minimum absolute atomic E-state index is 0.0576. The number of halogens is 1. The molecule has 1 N–H and O–H groups in total. The summed E-state index contributed by atoms with van der Waals surface area (Å²) in [6.07, 6.45) is 1.47. The summed E-state index contributed by atoms with van der Waals surface area (Å²) < 4.78 is 5.86. The molecule has 1 amide bonds. The monoisotopic (exact) mass is 325 g/mol. The molecule has 1 aliphatic rings. The maximum absolute atomic E-state index is 12.8. The Labute approximate surface area is 137 Å². The van der Waals surface area contributed by atoms with Crippen LogP contribution in [-0.2, 0) is 4.79 Å². The number of ether oxygens (including phenoxy) is 1. The van der Waals surface area contributed by atoms with Crippen molar-refractivity contribution in [2.75, 3.05) is 13.1 Å². The van der Waals surface area contributed by atoms with Gasteiger partial charge in [-0.15, -0.1) is 0 Å². The van der Waals surface area contributed by atoms with Crippen LogP contribution in [-0.4, -0.2) is 40.7 Å². The van der Waals surface area contributed by atoms with Gasteiger partial charge in [0.2, 0.25) is 0 Å². The molecule has 2 unspecified atom stereocenters. The van der Waals surface area contributed by atoms with E-state index in [2.05, 4.69) is 0 Å². The number of nitrogens with zero attached hydrogens (tertiary/aromatic N) is 1. The van der Waals surface area contributed by atoms with Gasteiger partial charge in [-0.25, -0.2) is 0 Å². The van der Waals surface area contributed by atoms with Gasteiger partial charge in [-0.1, -0.05) is 17.7 Å². The van der Waals surface area contributed by atoms with E-state index in [-0.39, 0.29) is 11.8 Å². The van der Waals surface area contributed by atoms with Crippen LogP contribution in [0.5, 0.6) is 5.75 Å². The fourth-order valence-electron chi connectivity index (χ4n) is 2.84. The molecular formula is C17H24ClNO3. The maximum Gasteiger partial charge on any atom is 0.266 e. The largest absolute Gasteiger partial charge is 0.478 e. The topological polar surface area (TPSA) is 49.8 Å². The summed E-state index contributed by atoms with van der Waals surface area (Å²) in [5.41, 5.74) is -0.967. The highest BCUT2D eigenvalue weighted by Crippen LogP contribution is 2.26. The molecule has 1 aliphatic heterocycles. The van der Waals surface area contributed by atoms with Gasteiger partial charge in [-0.2, -0.15) is 0 Å². The van der Waals surface area contributed by atoms with Crippen molar-refractivity contribution >= 4 is 17.5 Å². The molecule has 1 saturated heterocycles. The van der Waals surface area contributed by atoms with E-state index in [1.165, 1.54) is 0 Å². The van der Waals surface area contributed by atoms with Gasteiger partial charge < -0.3 is 14.7 Å². The van der Waals surface area contributed by atoms with Gasteiger partial charge in [-0.05, 0) is 51.8 Å². The Morgan fingerprint density at radius 2 is 2.23 bits per heavy atom. The number of likely N-dealkylation sites (tertiary alicyclic amines) is 1. The second-order valence-corrected chi connectivity index (χ2v) is 6.90. The van der Waals surface area contributed by atoms with Crippen molar-refractivity contribution in [2.24, 2.45) is 5.92 Å². The normalized spacial score (nSPS) is 20.6. The van der Waals surface area contributed by atoms with Crippen LogP contribution in [0.4, 0.5) is 0 Å². The van der Waals surface area contributed by atoms with Crippen LogP contribution in [0.1, 0.15) is 33.6 Å². The highest BCUT2D eigenvalue weighted by atomic mass is 35.5. The van der Waals surface area contributed by atoms with Crippen LogP contribution >= 0.6 is 11.6 Å². The number of benzene rings is 1. The summed E-state index contributed by atoms with van der Waals surface area (Å²) >= 11 is 5.95. The maximum atomic E-state index is 12.8. The molecule has 0 aliphatic carbocycles. The van der Waals surface area contributed by atoms with Crippen molar-refractivity contribution in [3.05, 3.63) is 29.3 Å². The lowest BCUT2D eigenvalue weighted by atomic mass is 9.92. The zero-order valence-corrected chi connectivity index (χ0v) is 14.1. The van der Waals surface area contributed by atoms with Crippen molar-refractivity contribution in [1.29, 1.82) is 0 Å². The predicted octanol–water partition coefficient (Wildman–Crippen LogP) is 3.12. The summed E-state index contributed by atoms with van der Waals surface area (Å²) in [5.74, 6) is 0.660. The average molecular weight is 326 g/mol. The number of aliphatic hydroxyl groups excluding tert-OH is 1. The molecule has 22 heavy (non-hydrogen) atoms. The zero-order chi connectivity index (χ0) is 16.3. The number of hydrogen-bond acceptors (Lipinski definition) is 3. The highest BCUT2D eigenvalue weighted by Gasteiger charge is 2.37. The molecule has 2 rings (SSSR count). The first kappa shape index (κ1) is 17.1. The van der Waals surface area contributed by atoms with Crippen molar-refractivity contribution in [3.63, 3.8) is 0 Å². The quantitative estimate of drug-likeness (QED) is 0.925. The van der Waals surface area contributed by atoms with Crippen LogP contribution in [0.25, 0.3) is 0 Å². The zero-order valence-electron chi connectivity index (χ0n) is 13.4. The Balaban J connectivity index is 2.06. The third-order valence-corrected chi connectivity index (χ3v) is 4.35. The summed E-state index contributed by atoms with van der Waals surface area (Å²) in [6.45, 7) is 6.61. The molecule has 1 heterocycles. The van der Waals surface area contributed by atoms with Gasteiger partial charge >= 0.3 is 0 Å². The van der Waals surface area contributed by atoms with Gasteiger partial charge in [0, 0.05) is 24.0 Å². The van der Waals surface area contributed by atoms with E-state index < -0.39 is 11.7 Å². The second-order valence-electron chi connectivity index (χ2n) is 6.46. The second kappa shape index (κ2) is 6.88. The summed E-state index contributed by atoms with van der Waals surface area (Å²) in [7, 11) is 0. The fourth-order valence-corrected chi connectivity index (χ4v) is 3.02. The summed E-state index contributed by atoms with van der Waals surface area (Å²) in [5, 5.41) is 10.3. The van der Waals surface area contributed by atoms with Gasteiger partial charge in [0.25, 0.3) is 5.91 Å². The van der Waals surface area contributed by atoms with Crippen LogP contribution < -0.4 is 4.74 Å². The standard InChI is InChI=1S/C17H24ClNO3/c1-12(20)13-6-5-9-19(11-13)16(21)17(2,3)22-15-8-4-7-14(18)10-15/h4,7-8,10,12-13,20H,5-6,9,11H2,1-3H3. The van der Waals surface area contributed by atoms with Crippen molar-refractivity contribution in [2.45, 2.75) is 45.3 Å². The van der Waals surface area contributed by atoms with E-state index in [0.29, 0.717) is 23.9 Å².